The number of rotatable bonds is 36. The van der Waals surface area contributed by atoms with E-state index in [4.69, 9.17) is 22.9 Å². The van der Waals surface area contributed by atoms with E-state index in [1.54, 1.807) is 58.0 Å². The molecule has 31 nitrogen and oxygen atoms in total. The topological polar surface area (TPSA) is 506 Å². The summed E-state index contributed by atoms with van der Waals surface area (Å²) < 4.78 is 0. The van der Waals surface area contributed by atoms with Gasteiger partial charge in [-0.1, -0.05) is 64.4 Å². The van der Waals surface area contributed by atoms with Gasteiger partial charge in [0.25, 0.3) is 0 Å². The summed E-state index contributed by atoms with van der Waals surface area (Å²) in [4.78, 5) is 188. The van der Waals surface area contributed by atoms with Crippen LogP contribution in [0.25, 0.3) is 0 Å². The van der Waals surface area contributed by atoms with Crippen molar-refractivity contribution in [3.8, 4) is 0 Å². The minimum absolute atomic E-state index is 0.00393. The molecule has 85 heavy (non-hydrogen) atoms. The Morgan fingerprint density at radius 2 is 1.07 bits per heavy atom. The van der Waals surface area contributed by atoms with E-state index in [-0.39, 0.29) is 70.5 Å². The standard InChI is InChI=1S/C54H84N14O17/c1-5-29(4)44(66-48(78)33(59-42(72)26-56)22-30-13-7-6-8-14-30)51(81)63-34(23-40(57)70)46(76)61-32(21-28(2)3)45(75)62-35(25-43(73)74)47(77)60-31(15-9-10-18-55)52(82)67-19-11-16-38(67)50(80)65-37(27-69)49(79)64-36(24-41(58)71)53(83)68-20-12-17-39(68)54(84)85/h6-8,13-14,28-29,31-39,44,69H,5,9-12,15-27,55-56H2,1-4H3,(H2,57,70)(H2,58,71)(H,59,72)(H,60,77)(H,61,76)(H,62,75)(H,63,81)(H,64,79)(H,65,80)(H,66,78)(H,73,74)(H,84,85)/t29-,31-,32-,33-,34-,35-,36-,37-,38-,39-,44-/m0/s1. The van der Waals surface area contributed by atoms with Crippen molar-refractivity contribution in [1.29, 1.82) is 0 Å². The molecule has 0 spiro atoms. The summed E-state index contributed by atoms with van der Waals surface area (Å²) in [6.07, 6.45) is -1.34. The Morgan fingerprint density at radius 1 is 0.576 bits per heavy atom. The molecule has 2 aliphatic heterocycles. The number of nitrogens with zero attached hydrogens (tertiary/aromatic N) is 2. The highest BCUT2D eigenvalue weighted by Crippen LogP contribution is 2.22. The summed E-state index contributed by atoms with van der Waals surface area (Å²) in [5.74, 6) is -15.6. The van der Waals surface area contributed by atoms with Crippen molar-refractivity contribution < 1.29 is 82.4 Å². The summed E-state index contributed by atoms with van der Waals surface area (Å²) >= 11 is 0. The van der Waals surface area contributed by atoms with Gasteiger partial charge in [0.2, 0.25) is 70.9 Å². The first-order valence-corrected chi connectivity index (χ1v) is 28.2. The first-order valence-electron chi connectivity index (χ1n) is 28.2. The van der Waals surface area contributed by atoms with Crippen molar-refractivity contribution in [3.63, 3.8) is 0 Å². The average Bonchev–Trinajstić information content (AvgIpc) is 4.39. The molecule has 0 aromatic heterocycles. The second-order valence-electron chi connectivity index (χ2n) is 21.5. The van der Waals surface area contributed by atoms with Crippen LogP contribution in [0.15, 0.2) is 30.3 Å². The molecule has 31 heteroatoms. The van der Waals surface area contributed by atoms with Gasteiger partial charge < -0.3 is 90.6 Å². The lowest BCUT2D eigenvalue weighted by Gasteiger charge is -2.31. The molecule has 0 unspecified atom stereocenters. The number of unbranched alkanes of at least 4 members (excludes halogenated alkanes) is 1. The second kappa shape index (κ2) is 35.1. The van der Waals surface area contributed by atoms with E-state index >= 15 is 0 Å². The Balaban J connectivity index is 1.84. The van der Waals surface area contributed by atoms with Crippen molar-refractivity contribution in [2.24, 2.45) is 34.8 Å². The van der Waals surface area contributed by atoms with Crippen molar-refractivity contribution in [2.45, 2.75) is 172 Å². The first kappa shape index (κ1) is 70.9. The van der Waals surface area contributed by atoms with Gasteiger partial charge in [-0.05, 0) is 75.3 Å². The molecule has 2 saturated heterocycles. The minimum atomic E-state index is -1.92. The monoisotopic (exact) mass is 1200 g/mol. The molecular formula is C54H84N14O17. The largest absolute Gasteiger partial charge is 0.481 e. The van der Waals surface area contributed by atoms with Crippen LogP contribution in [-0.4, -0.2) is 201 Å². The van der Waals surface area contributed by atoms with Crippen molar-refractivity contribution in [3.05, 3.63) is 35.9 Å². The molecule has 3 rings (SSSR count). The van der Waals surface area contributed by atoms with Gasteiger partial charge >= 0.3 is 11.9 Å². The van der Waals surface area contributed by atoms with Gasteiger partial charge in [-0.15, -0.1) is 0 Å². The number of carbonyl (C=O) groups excluding carboxylic acids is 12. The number of hydrogen-bond donors (Lipinski definition) is 15. The van der Waals surface area contributed by atoms with E-state index in [0.717, 1.165) is 9.80 Å². The third kappa shape index (κ3) is 22.7. The van der Waals surface area contributed by atoms with Crippen LogP contribution in [0.4, 0.5) is 0 Å². The molecule has 0 aliphatic carbocycles. The molecule has 1 aromatic rings. The summed E-state index contributed by atoms with van der Waals surface area (Å²) in [5.41, 5.74) is 22.8. The van der Waals surface area contributed by atoms with Gasteiger partial charge in [0.1, 0.15) is 60.4 Å². The van der Waals surface area contributed by atoms with Crippen LogP contribution in [0.5, 0.6) is 0 Å². The summed E-state index contributed by atoms with van der Waals surface area (Å²) in [6, 6.07) is -6.64. The number of carboxylic acid groups (broad SMARTS) is 2. The van der Waals surface area contributed by atoms with Crippen LogP contribution in [0.3, 0.4) is 0 Å². The molecule has 472 valence electrons. The van der Waals surface area contributed by atoms with Gasteiger partial charge in [0.05, 0.1) is 32.4 Å². The Kier molecular flexibility index (Phi) is 29.3. The fourth-order valence-corrected chi connectivity index (χ4v) is 9.72. The lowest BCUT2D eigenvalue weighted by atomic mass is 9.96. The molecule has 12 amide bonds. The number of carboxylic acids is 2. The van der Waals surface area contributed by atoms with Gasteiger partial charge in [-0.2, -0.15) is 0 Å². The summed E-state index contributed by atoms with van der Waals surface area (Å²) in [6.45, 7) is 5.29. The highest BCUT2D eigenvalue weighted by atomic mass is 16.4. The highest BCUT2D eigenvalue weighted by Gasteiger charge is 2.43. The molecular weight excluding hydrogens is 1120 g/mol. The lowest BCUT2D eigenvalue weighted by Crippen LogP contribution is -2.61. The second-order valence-corrected chi connectivity index (χ2v) is 21.5. The quantitative estimate of drug-likeness (QED) is 0.0279. The molecule has 2 aliphatic rings. The Morgan fingerprint density at radius 3 is 1.61 bits per heavy atom. The number of primary amides is 2. The zero-order valence-corrected chi connectivity index (χ0v) is 48.3. The maximum atomic E-state index is 14.4. The fourth-order valence-electron chi connectivity index (χ4n) is 9.72. The number of benzene rings is 1. The normalized spacial score (nSPS) is 17.9. The van der Waals surface area contributed by atoms with E-state index in [1.165, 1.54) is 0 Å². The third-order valence-corrected chi connectivity index (χ3v) is 14.4. The van der Waals surface area contributed by atoms with Gasteiger partial charge in [0, 0.05) is 19.5 Å². The smallest absolute Gasteiger partial charge is 0.326 e. The summed E-state index contributed by atoms with van der Waals surface area (Å²) in [7, 11) is 0. The maximum Gasteiger partial charge on any atom is 0.326 e. The Bertz CT molecular complexity index is 2560. The molecule has 2 heterocycles. The Labute approximate surface area is 491 Å². The predicted octanol–water partition coefficient (Wildman–Crippen LogP) is -5.43. The molecule has 11 atom stereocenters. The molecule has 0 saturated carbocycles. The van der Waals surface area contributed by atoms with Crippen LogP contribution >= 0.6 is 0 Å². The van der Waals surface area contributed by atoms with Crippen molar-refractivity contribution in [1.82, 2.24) is 52.3 Å². The van der Waals surface area contributed by atoms with E-state index < -0.39 is 182 Å². The SMILES string of the molecule is CC[C@H](C)[C@H](NC(=O)[C@H](Cc1ccccc1)NC(=O)CN)C(=O)N[C@@H](CC(N)=O)C(=O)N[C@@H](CC(C)C)C(=O)N[C@@H](CC(=O)O)C(=O)N[C@@H](CCCCN)C(=O)N1CCC[C@H]1C(=O)N[C@@H](CO)C(=O)N[C@@H](CC(N)=O)C(=O)N1CCC[C@H]1C(=O)O. The lowest BCUT2D eigenvalue weighted by molar-refractivity contribution is -0.150. The number of likely N-dealkylation sites (tertiary alicyclic amines) is 2. The number of nitrogens with two attached hydrogens (primary N) is 4. The molecule has 1 aromatic carbocycles. The number of amides is 12. The van der Waals surface area contributed by atoms with Crippen LogP contribution < -0.4 is 65.5 Å². The maximum absolute atomic E-state index is 14.4. The van der Waals surface area contributed by atoms with E-state index in [9.17, 15) is 82.4 Å². The van der Waals surface area contributed by atoms with Gasteiger partial charge in [-0.25, -0.2) is 4.79 Å². The fraction of sp³-hybridized carbons (Fsp3) is 0.630. The van der Waals surface area contributed by atoms with E-state index in [2.05, 4.69) is 42.5 Å². The third-order valence-electron chi connectivity index (χ3n) is 14.4. The van der Waals surface area contributed by atoms with Crippen molar-refractivity contribution >= 4 is 82.8 Å². The van der Waals surface area contributed by atoms with Crippen LogP contribution in [0, 0.1) is 11.8 Å². The molecule has 2 fully saturated rings. The van der Waals surface area contributed by atoms with Crippen molar-refractivity contribution in [2.75, 3.05) is 32.8 Å². The zero-order valence-electron chi connectivity index (χ0n) is 48.3. The summed E-state index contributed by atoms with van der Waals surface area (Å²) in [5, 5.41) is 49.3. The number of aliphatic hydroxyl groups is 1. The predicted molar refractivity (Wildman–Crippen MR) is 301 cm³/mol. The van der Waals surface area contributed by atoms with E-state index in [1.807, 2.05) is 0 Å². The highest BCUT2D eigenvalue weighted by molar-refractivity contribution is 6.01. The first-order chi connectivity index (χ1) is 40.1. The minimum Gasteiger partial charge on any atom is -0.481 e. The number of aliphatic carboxylic acids is 2. The molecule has 19 N–H and O–H groups in total. The molecule has 0 bridgehead atoms. The Hall–Kier alpha value is -8.32. The number of nitrogens with one attached hydrogen (secondary N) is 8. The number of carbonyl (C=O) groups is 14. The van der Waals surface area contributed by atoms with E-state index in [0.29, 0.717) is 24.8 Å². The molecule has 0 radical (unpaired) electrons. The van der Waals surface area contributed by atoms with Gasteiger partial charge in [0.15, 0.2) is 0 Å². The average molecular weight is 1200 g/mol. The van der Waals surface area contributed by atoms with Crippen LogP contribution in [0.2, 0.25) is 0 Å². The van der Waals surface area contributed by atoms with Crippen LogP contribution in [-0.2, 0) is 73.5 Å². The van der Waals surface area contributed by atoms with Crippen LogP contribution in [0.1, 0.15) is 110 Å². The number of aliphatic hydroxyl groups excluding tert-OH is 1. The van der Waals surface area contributed by atoms with Gasteiger partial charge in [-0.3, -0.25) is 62.3 Å². The zero-order chi connectivity index (χ0) is 63.7. The number of hydrogen-bond acceptors (Lipinski definition) is 17.